The first-order valence-corrected chi connectivity index (χ1v) is 10.3. The average Bonchev–Trinajstić information content (AvgIpc) is 2.80. The van der Waals surface area contributed by atoms with Crippen molar-refractivity contribution in [3.8, 4) is 28.0 Å². The van der Waals surface area contributed by atoms with Gasteiger partial charge in [0, 0.05) is 48.3 Å². The number of alkyl halides is 3. The van der Waals surface area contributed by atoms with E-state index in [1.54, 1.807) is 36.7 Å². The molecule has 2 heterocycles. The minimum atomic E-state index is -4.83. The van der Waals surface area contributed by atoms with Gasteiger partial charge in [0.1, 0.15) is 5.75 Å². The molecule has 0 aliphatic carbocycles. The lowest BCUT2D eigenvalue weighted by molar-refractivity contribution is -0.274. The van der Waals surface area contributed by atoms with Crippen molar-refractivity contribution in [3.63, 3.8) is 0 Å². The minimum absolute atomic E-state index is 0.154. The zero-order valence-corrected chi connectivity index (χ0v) is 17.4. The number of carbonyl (C=O) groups excluding carboxylic acids is 1. The Bertz CT molecular complexity index is 1110. The third kappa shape index (κ3) is 5.78. The Morgan fingerprint density at radius 3 is 2.27 bits per heavy atom. The molecule has 2 aromatic carbocycles. The second-order valence-corrected chi connectivity index (χ2v) is 7.54. The summed E-state index contributed by atoms with van der Waals surface area (Å²) < 4.78 is 47.7. The van der Waals surface area contributed by atoms with Crippen LogP contribution in [0.25, 0.3) is 22.3 Å². The zero-order chi connectivity index (χ0) is 23.4. The van der Waals surface area contributed by atoms with E-state index in [0.29, 0.717) is 42.9 Å². The number of carbonyl (C=O) groups is 1. The van der Waals surface area contributed by atoms with Crippen molar-refractivity contribution < 1.29 is 27.4 Å². The van der Waals surface area contributed by atoms with Crippen LogP contribution in [-0.2, 0) is 9.53 Å². The predicted octanol–water partition coefficient (Wildman–Crippen LogP) is 4.66. The number of ether oxygens (including phenoxy) is 2. The molecule has 4 rings (SSSR count). The summed E-state index contributed by atoms with van der Waals surface area (Å²) in [4.78, 5) is 20.6. The van der Waals surface area contributed by atoms with Gasteiger partial charge in [0.05, 0.1) is 0 Å². The summed E-state index contributed by atoms with van der Waals surface area (Å²) >= 11 is 0. The van der Waals surface area contributed by atoms with Crippen molar-refractivity contribution in [2.24, 2.45) is 5.92 Å². The fourth-order valence-electron chi connectivity index (χ4n) is 3.59. The first-order chi connectivity index (χ1) is 15.8. The number of aromatic nitrogens is 2. The van der Waals surface area contributed by atoms with Crippen LogP contribution in [0.2, 0.25) is 0 Å². The molecule has 0 atom stereocenters. The highest BCUT2D eigenvalue weighted by Crippen LogP contribution is 2.35. The largest absolute Gasteiger partial charge is 0.573 e. The molecule has 1 aromatic heterocycles. The van der Waals surface area contributed by atoms with Crippen LogP contribution in [0, 0.1) is 5.92 Å². The Labute approximate surface area is 187 Å². The van der Waals surface area contributed by atoms with E-state index < -0.39 is 6.36 Å². The van der Waals surface area contributed by atoms with E-state index in [1.807, 2.05) is 0 Å². The van der Waals surface area contributed by atoms with E-state index in [4.69, 9.17) is 10.5 Å². The van der Waals surface area contributed by atoms with E-state index in [1.165, 1.54) is 18.2 Å². The van der Waals surface area contributed by atoms with Crippen LogP contribution in [-0.4, -0.2) is 35.5 Å². The van der Waals surface area contributed by atoms with E-state index in [9.17, 15) is 18.0 Å². The van der Waals surface area contributed by atoms with Crippen LogP contribution in [0.4, 0.5) is 24.8 Å². The molecule has 172 valence electrons. The van der Waals surface area contributed by atoms with Gasteiger partial charge in [-0.25, -0.2) is 9.97 Å². The van der Waals surface area contributed by atoms with Crippen molar-refractivity contribution in [2.45, 2.75) is 19.2 Å². The molecule has 10 heteroatoms. The molecule has 0 radical (unpaired) electrons. The van der Waals surface area contributed by atoms with E-state index >= 15 is 0 Å². The van der Waals surface area contributed by atoms with Crippen molar-refractivity contribution in [1.82, 2.24) is 9.97 Å². The molecule has 33 heavy (non-hydrogen) atoms. The number of nitrogens with zero attached hydrogens (tertiary/aromatic N) is 2. The normalized spacial score (nSPS) is 14.6. The smallest absolute Gasteiger partial charge is 0.406 e. The topological polar surface area (TPSA) is 99.4 Å². The van der Waals surface area contributed by atoms with Crippen LogP contribution in [0.1, 0.15) is 12.8 Å². The minimum Gasteiger partial charge on any atom is -0.406 e. The summed E-state index contributed by atoms with van der Waals surface area (Å²) in [5.41, 5.74) is 8.45. The third-order valence-corrected chi connectivity index (χ3v) is 5.28. The van der Waals surface area contributed by atoms with Crippen LogP contribution in [0.3, 0.4) is 0 Å². The lowest BCUT2D eigenvalue weighted by Gasteiger charge is -2.22. The highest BCUT2D eigenvalue weighted by atomic mass is 19.4. The number of anilines is 2. The average molecular weight is 458 g/mol. The molecule has 3 N–H and O–H groups in total. The van der Waals surface area contributed by atoms with Crippen molar-refractivity contribution in [3.05, 3.63) is 54.9 Å². The number of nitrogens with one attached hydrogen (secondary N) is 1. The number of rotatable bonds is 5. The molecule has 0 saturated carbocycles. The van der Waals surface area contributed by atoms with Crippen molar-refractivity contribution >= 4 is 17.5 Å². The van der Waals surface area contributed by atoms with Crippen LogP contribution < -0.4 is 15.8 Å². The van der Waals surface area contributed by atoms with Gasteiger partial charge >= 0.3 is 6.36 Å². The van der Waals surface area contributed by atoms with E-state index in [0.717, 1.165) is 11.1 Å². The number of benzene rings is 2. The van der Waals surface area contributed by atoms with Gasteiger partial charge in [0.25, 0.3) is 0 Å². The number of nitrogens with two attached hydrogens (primary N) is 1. The molecule has 0 bridgehead atoms. The molecule has 1 amide bonds. The molecule has 1 aliphatic heterocycles. The number of halogens is 3. The van der Waals surface area contributed by atoms with Gasteiger partial charge in [0.15, 0.2) is 0 Å². The van der Waals surface area contributed by atoms with Gasteiger partial charge in [-0.1, -0.05) is 24.3 Å². The maximum atomic E-state index is 12.8. The van der Waals surface area contributed by atoms with Crippen molar-refractivity contribution in [1.29, 1.82) is 0 Å². The first kappa shape index (κ1) is 22.5. The Morgan fingerprint density at radius 2 is 1.64 bits per heavy atom. The Morgan fingerprint density at radius 1 is 1.00 bits per heavy atom. The maximum absolute atomic E-state index is 12.8. The highest BCUT2D eigenvalue weighted by molar-refractivity contribution is 5.97. The predicted molar refractivity (Wildman–Crippen MR) is 116 cm³/mol. The monoisotopic (exact) mass is 458 g/mol. The standard InChI is InChI=1S/C23H21F3N4O3/c24-23(25,26)33-18-5-6-20(30-21(31)16-7-9-32-10-8-16)19(11-18)15-3-1-14(2-4-15)17-12-28-22(27)29-13-17/h1-6,11-13,16H,7-10H2,(H,30,31)(H2,27,28,29). The van der Waals surface area contributed by atoms with E-state index in [2.05, 4.69) is 20.0 Å². The van der Waals surface area contributed by atoms with Gasteiger partial charge in [-0.05, 0) is 42.2 Å². The molecular formula is C23H21F3N4O3. The third-order valence-electron chi connectivity index (χ3n) is 5.28. The molecule has 0 unspecified atom stereocenters. The van der Waals surface area contributed by atoms with Crippen LogP contribution >= 0.6 is 0 Å². The number of hydrogen-bond acceptors (Lipinski definition) is 6. The fourth-order valence-corrected chi connectivity index (χ4v) is 3.59. The van der Waals surface area contributed by atoms with Gasteiger partial charge in [0.2, 0.25) is 11.9 Å². The Hall–Kier alpha value is -3.66. The summed E-state index contributed by atoms with van der Waals surface area (Å²) in [5.74, 6) is -0.635. The molecule has 1 fully saturated rings. The van der Waals surface area contributed by atoms with Crippen LogP contribution in [0.15, 0.2) is 54.9 Å². The summed E-state index contributed by atoms with van der Waals surface area (Å²) in [6.07, 6.45) is -0.490. The van der Waals surface area contributed by atoms with Gasteiger partial charge in [-0.2, -0.15) is 0 Å². The molecule has 3 aromatic rings. The maximum Gasteiger partial charge on any atom is 0.573 e. The summed E-state index contributed by atoms with van der Waals surface area (Å²) in [5, 5.41) is 2.86. The molecular weight excluding hydrogens is 437 g/mol. The van der Waals surface area contributed by atoms with Gasteiger partial charge in [-0.15, -0.1) is 13.2 Å². The molecule has 7 nitrogen and oxygen atoms in total. The van der Waals surface area contributed by atoms with Gasteiger partial charge in [-0.3, -0.25) is 4.79 Å². The SMILES string of the molecule is Nc1ncc(-c2ccc(-c3cc(OC(F)(F)F)ccc3NC(=O)C3CCOCC3)cc2)cn1. The lowest BCUT2D eigenvalue weighted by atomic mass is 9.97. The zero-order valence-electron chi connectivity index (χ0n) is 17.4. The van der Waals surface area contributed by atoms with Gasteiger partial charge < -0.3 is 20.5 Å². The number of hydrogen-bond donors (Lipinski definition) is 2. The quantitative estimate of drug-likeness (QED) is 0.577. The van der Waals surface area contributed by atoms with Crippen LogP contribution in [0.5, 0.6) is 5.75 Å². The molecule has 1 aliphatic rings. The number of nitrogen functional groups attached to an aromatic ring is 1. The lowest BCUT2D eigenvalue weighted by Crippen LogP contribution is -2.28. The summed E-state index contributed by atoms with van der Waals surface area (Å²) in [6.45, 7) is 0.999. The first-order valence-electron chi connectivity index (χ1n) is 10.3. The fraction of sp³-hybridized carbons (Fsp3) is 0.261. The van der Waals surface area contributed by atoms with Crippen molar-refractivity contribution in [2.75, 3.05) is 24.3 Å². The molecule has 0 spiro atoms. The summed E-state index contributed by atoms with van der Waals surface area (Å²) in [6, 6.07) is 10.9. The molecule has 1 saturated heterocycles. The number of amides is 1. The second kappa shape index (κ2) is 9.45. The van der Waals surface area contributed by atoms with E-state index in [-0.39, 0.29) is 23.5 Å². The summed E-state index contributed by atoms with van der Waals surface area (Å²) in [7, 11) is 0. The highest BCUT2D eigenvalue weighted by Gasteiger charge is 2.31. The Kier molecular flexibility index (Phi) is 6.45. The Balaban J connectivity index is 1.65. The second-order valence-electron chi connectivity index (χ2n) is 7.54.